The summed E-state index contributed by atoms with van der Waals surface area (Å²) in [6.07, 6.45) is 1.75. The van der Waals surface area contributed by atoms with Gasteiger partial charge in [0.05, 0.1) is 9.37 Å². The summed E-state index contributed by atoms with van der Waals surface area (Å²) in [6.45, 7) is 1.06. The van der Waals surface area contributed by atoms with Crippen LogP contribution < -0.4 is 0 Å². The number of sulfonamides is 1. The quantitative estimate of drug-likeness (QED) is 0.841. The molecule has 16 heavy (non-hydrogen) atoms. The second-order valence-electron chi connectivity index (χ2n) is 3.69. The van der Waals surface area contributed by atoms with Crippen LogP contribution in [0, 0.1) is 5.82 Å². The molecule has 0 aromatic heterocycles. The summed E-state index contributed by atoms with van der Waals surface area (Å²) < 4.78 is 39.0. The predicted octanol–water partition coefficient (Wildman–Crippen LogP) is 2.37. The highest BCUT2D eigenvalue weighted by atomic mass is 79.9. The second kappa shape index (κ2) is 4.43. The molecule has 0 bridgehead atoms. The number of halogens is 2. The topological polar surface area (TPSA) is 37.4 Å². The van der Waals surface area contributed by atoms with Crippen molar-refractivity contribution in [2.75, 3.05) is 13.1 Å². The summed E-state index contributed by atoms with van der Waals surface area (Å²) in [4.78, 5) is 0.0232. The summed E-state index contributed by atoms with van der Waals surface area (Å²) in [5.41, 5.74) is 0. The zero-order valence-corrected chi connectivity index (χ0v) is 10.9. The SMILES string of the molecule is O=S(=O)(c1ccc(Br)c(F)c1)N1CCCC1. The molecule has 0 radical (unpaired) electrons. The third-order valence-electron chi connectivity index (χ3n) is 2.59. The molecular formula is C10H11BrFNO2S. The molecule has 1 aromatic rings. The summed E-state index contributed by atoms with van der Waals surface area (Å²) in [5, 5.41) is 0. The van der Waals surface area contributed by atoms with E-state index in [1.54, 1.807) is 0 Å². The van der Waals surface area contributed by atoms with Crippen LogP contribution in [-0.4, -0.2) is 25.8 Å². The molecule has 0 N–H and O–H groups in total. The van der Waals surface area contributed by atoms with Crippen molar-refractivity contribution in [2.45, 2.75) is 17.7 Å². The lowest BCUT2D eigenvalue weighted by Gasteiger charge is -2.15. The molecule has 6 heteroatoms. The average Bonchev–Trinajstić information content (AvgIpc) is 2.75. The molecule has 1 fully saturated rings. The summed E-state index contributed by atoms with van der Waals surface area (Å²) >= 11 is 3.00. The van der Waals surface area contributed by atoms with Gasteiger partial charge in [0.25, 0.3) is 0 Å². The minimum Gasteiger partial charge on any atom is -0.207 e. The Morgan fingerprint density at radius 1 is 1.25 bits per heavy atom. The molecule has 0 atom stereocenters. The maximum absolute atomic E-state index is 13.3. The van der Waals surface area contributed by atoms with Gasteiger partial charge in [0.15, 0.2) is 0 Å². The van der Waals surface area contributed by atoms with Crippen molar-refractivity contribution in [1.82, 2.24) is 4.31 Å². The fourth-order valence-corrected chi connectivity index (χ4v) is 3.49. The van der Waals surface area contributed by atoms with Crippen molar-refractivity contribution in [3.05, 3.63) is 28.5 Å². The Morgan fingerprint density at radius 3 is 2.44 bits per heavy atom. The molecule has 1 aliphatic rings. The molecular weight excluding hydrogens is 297 g/mol. The lowest BCUT2D eigenvalue weighted by molar-refractivity contribution is 0.476. The highest BCUT2D eigenvalue weighted by Gasteiger charge is 2.27. The third-order valence-corrected chi connectivity index (χ3v) is 5.13. The van der Waals surface area contributed by atoms with Gasteiger partial charge in [-0.2, -0.15) is 4.31 Å². The Morgan fingerprint density at radius 2 is 1.88 bits per heavy atom. The van der Waals surface area contributed by atoms with Gasteiger partial charge >= 0.3 is 0 Å². The summed E-state index contributed by atoms with van der Waals surface area (Å²) in [7, 11) is -3.51. The maximum Gasteiger partial charge on any atom is 0.243 e. The van der Waals surface area contributed by atoms with Gasteiger partial charge < -0.3 is 0 Å². The van der Waals surface area contributed by atoms with Gasteiger partial charge in [-0.25, -0.2) is 12.8 Å². The highest BCUT2D eigenvalue weighted by Crippen LogP contribution is 2.24. The molecule has 0 amide bonds. The van der Waals surface area contributed by atoms with Crippen LogP contribution in [0.4, 0.5) is 4.39 Å². The first-order valence-corrected chi connectivity index (χ1v) is 7.20. The molecule has 1 saturated heterocycles. The second-order valence-corrected chi connectivity index (χ2v) is 6.48. The van der Waals surface area contributed by atoms with Crippen LogP contribution in [0.5, 0.6) is 0 Å². The third kappa shape index (κ3) is 2.14. The summed E-state index contributed by atoms with van der Waals surface area (Å²) in [6, 6.07) is 3.89. The lowest BCUT2D eigenvalue weighted by atomic mass is 10.3. The van der Waals surface area contributed by atoms with E-state index in [2.05, 4.69) is 15.9 Å². The van der Waals surface area contributed by atoms with E-state index in [9.17, 15) is 12.8 Å². The van der Waals surface area contributed by atoms with E-state index in [0.29, 0.717) is 13.1 Å². The van der Waals surface area contributed by atoms with Gasteiger partial charge in [0.1, 0.15) is 5.82 Å². The lowest BCUT2D eigenvalue weighted by Crippen LogP contribution is -2.27. The number of hydrogen-bond acceptors (Lipinski definition) is 2. The summed E-state index contributed by atoms with van der Waals surface area (Å²) in [5.74, 6) is -0.555. The zero-order chi connectivity index (χ0) is 11.8. The number of rotatable bonds is 2. The molecule has 0 saturated carbocycles. The smallest absolute Gasteiger partial charge is 0.207 e. The van der Waals surface area contributed by atoms with Crippen LogP contribution >= 0.6 is 15.9 Å². The zero-order valence-electron chi connectivity index (χ0n) is 8.49. The molecule has 1 aliphatic heterocycles. The van der Waals surface area contributed by atoms with E-state index >= 15 is 0 Å². The van der Waals surface area contributed by atoms with Gasteiger partial charge in [0.2, 0.25) is 10.0 Å². The Bertz CT molecular complexity index is 498. The average molecular weight is 308 g/mol. The molecule has 0 aliphatic carbocycles. The fraction of sp³-hybridized carbons (Fsp3) is 0.400. The Kier molecular flexibility index (Phi) is 3.32. The van der Waals surface area contributed by atoms with Gasteiger partial charge in [-0.05, 0) is 47.0 Å². The van der Waals surface area contributed by atoms with Crippen LogP contribution in [0.25, 0.3) is 0 Å². The van der Waals surface area contributed by atoms with Crippen LogP contribution in [-0.2, 0) is 10.0 Å². The first-order valence-electron chi connectivity index (χ1n) is 4.97. The van der Waals surface area contributed by atoms with Crippen molar-refractivity contribution in [3.8, 4) is 0 Å². The van der Waals surface area contributed by atoms with Crippen LogP contribution in [0.1, 0.15) is 12.8 Å². The minimum absolute atomic E-state index is 0.0232. The number of nitrogens with zero attached hydrogens (tertiary/aromatic N) is 1. The Labute approximate surface area is 102 Å². The van der Waals surface area contributed by atoms with Crippen molar-refractivity contribution >= 4 is 26.0 Å². The van der Waals surface area contributed by atoms with E-state index < -0.39 is 15.8 Å². The molecule has 0 spiro atoms. The Balaban J connectivity index is 2.39. The molecule has 1 heterocycles. The van der Waals surface area contributed by atoms with Gasteiger partial charge in [-0.3, -0.25) is 0 Å². The highest BCUT2D eigenvalue weighted by molar-refractivity contribution is 9.10. The van der Waals surface area contributed by atoms with E-state index in [4.69, 9.17) is 0 Å². The van der Waals surface area contributed by atoms with Gasteiger partial charge in [-0.15, -0.1) is 0 Å². The van der Waals surface area contributed by atoms with E-state index in [1.807, 2.05) is 0 Å². The van der Waals surface area contributed by atoms with E-state index in [1.165, 1.54) is 16.4 Å². The first-order chi connectivity index (χ1) is 7.51. The molecule has 88 valence electrons. The number of benzene rings is 1. The molecule has 0 unspecified atom stereocenters. The van der Waals surface area contributed by atoms with Crippen molar-refractivity contribution in [2.24, 2.45) is 0 Å². The van der Waals surface area contributed by atoms with E-state index in [0.717, 1.165) is 18.9 Å². The van der Waals surface area contributed by atoms with Gasteiger partial charge in [0, 0.05) is 13.1 Å². The molecule has 3 nitrogen and oxygen atoms in total. The fourth-order valence-electron chi connectivity index (χ4n) is 1.71. The minimum atomic E-state index is -3.51. The molecule has 2 rings (SSSR count). The normalized spacial score (nSPS) is 17.9. The standard InChI is InChI=1S/C10H11BrFNO2S/c11-9-4-3-8(7-10(9)12)16(14,15)13-5-1-2-6-13/h3-4,7H,1-2,5-6H2. The Hall–Kier alpha value is -0.460. The maximum atomic E-state index is 13.3. The van der Waals surface area contributed by atoms with Crippen LogP contribution in [0.15, 0.2) is 27.6 Å². The largest absolute Gasteiger partial charge is 0.243 e. The number of hydrogen-bond donors (Lipinski definition) is 0. The van der Waals surface area contributed by atoms with Crippen LogP contribution in [0.3, 0.4) is 0 Å². The first kappa shape index (κ1) is 12.0. The predicted molar refractivity (Wildman–Crippen MR) is 62.1 cm³/mol. The van der Waals surface area contributed by atoms with Crippen molar-refractivity contribution < 1.29 is 12.8 Å². The molecule has 1 aromatic carbocycles. The van der Waals surface area contributed by atoms with Crippen molar-refractivity contribution in [1.29, 1.82) is 0 Å². The van der Waals surface area contributed by atoms with Crippen LogP contribution in [0.2, 0.25) is 0 Å². The van der Waals surface area contributed by atoms with E-state index in [-0.39, 0.29) is 9.37 Å². The van der Waals surface area contributed by atoms with Crippen molar-refractivity contribution in [3.63, 3.8) is 0 Å². The monoisotopic (exact) mass is 307 g/mol. The van der Waals surface area contributed by atoms with Gasteiger partial charge in [-0.1, -0.05) is 0 Å².